The van der Waals surface area contributed by atoms with E-state index in [9.17, 15) is 9.90 Å². The number of fused-ring (bicyclic) bond motifs is 2. The van der Waals surface area contributed by atoms with Gasteiger partial charge in [0.05, 0.1) is 17.7 Å². The Bertz CT molecular complexity index is 1080. The molecule has 5 rings (SSSR count). The molecule has 1 saturated heterocycles. The molecule has 0 spiro atoms. The van der Waals surface area contributed by atoms with Gasteiger partial charge >= 0.3 is 0 Å². The Morgan fingerprint density at radius 1 is 1.16 bits per heavy atom. The van der Waals surface area contributed by atoms with E-state index < -0.39 is 6.10 Å². The lowest BCUT2D eigenvalue weighted by atomic mass is 9.74. The van der Waals surface area contributed by atoms with Crippen LogP contribution in [0.5, 0.6) is 0 Å². The highest BCUT2D eigenvalue weighted by Gasteiger charge is 2.37. The summed E-state index contributed by atoms with van der Waals surface area (Å²) < 4.78 is 5.99. The Balaban J connectivity index is 1.63. The summed E-state index contributed by atoms with van der Waals surface area (Å²) in [5.74, 6) is 1.23. The van der Waals surface area contributed by atoms with Crippen LogP contribution in [-0.4, -0.2) is 35.9 Å². The third-order valence-corrected chi connectivity index (χ3v) is 6.78. The normalized spacial score (nSPS) is 34.3. The Morgan fingerprint density at radius 2 is 2.00 bits per heavy atom. The number of nitrogens with one attached hydrogen (secondary N) is 2. The zero-order valence-corrected chi connectivity index (χ0v) is 17.9. The number of allylic oxidation sites excluding steroid dienone is 4. The molecular formula is C26H30N2O3. The van der Waals surface area contributed by atoms with Gasteiger partial charge in [-0.3, -0.25) is 4.79 Å². The molecule has 4 aliphatic rings. The molecule has 5 nitrogen and oxygen atoms in total. The molecule has 2 fully saturated rings. The summed E-state index contributed by atoms with van der Waals surface area (Å²) in [6.07, 6.45) is 12.8. The van der Waals surface area contributed by atoms with Crippen LogP contribution in [0.15, 0.2) is 60.0 Å². The van der Waals surface area contributed by atoms with Crippen molar-refractivity contribution in [3.05, 3.63) is 70.4 Å². The summed E-state index contributed by atoms with van der Waals surface area (Å²) in [7, 11) is 0. The van der Waals surface area contributed by atoms with Gasteiger partial charge in [-0.05, 0) is 35.8 Å². The van der Waals surface area contributed by atoms with Crippen LogP contribution in [0, 0.1) is 11.8 Å². The van der Waals surface area contributed by atoms with Crippen LogP contribution in [0.25, 0.3) is 11.6 Å². The predicted molar refractivity (Wildman–Crippen MR) is 121 cm³/mol. The van der Waals surface area contributed by atoms with Crippen molar-refractivity contribution in [3.8, 4) is 0 Å². The lowest BCUT2D eigenvalue weighted by Gasteiger charge is -2.41. The van der Waals surface area contributed by atoms with Crippen LogP contribution >= 0.6 is 0 Å². The third kappa shape index (κ3) is 3.77. The fourth-order valence-corrected chi connectivity index (χ4v) is 5.41. The number of Topliss-reactive ketones (excluding diaryl/α,β-unsaturated/α-hetero) is 1. The van der Waals surface area contributed by atoms with Crippen molar-refractivity contribution < 1.29 is 14.6 Å². The van der Waals surface area contributed by atoms with Gasteiger partial charge in [-0.25, -0.2) is 0 Å². The van der Waals surface area contributed by atoms with Crippen molar-refractivity contribution in [2.45, 2.75) is 51.0 Å². The van der Waals surface area contributed by atoms with Gasteiger partial charge in [-0.2, -0.15) is 0 Å². The van der Waals surface area contributed by atoms with E-state index in [1.54, 1.807) is 0 Å². The number of hydrogen-bond donors (Lipinski definition) is 3. The maximum atomic E-state index is 12.7. The first kappa shape index (κ1) is 20.3. The van der Waals surface area contributed by atoms with Crippen molar-refractivity contribution in [2.75, 3.05) is 6.61 Å². The molecule has 5 heteroatoms. The lowest BCUT2D eigenvalue weighted by molar-refractivity contribution is -0.118. The molecule has 1 aliphatic heterocycles. The van der Waals surface area contributed by atoms with Gasteiger partial charge in [0.2, 0.25) is 0 Å². The SMILES string of the molecule is CCOC1CC(C2=c3ccccc3=CC3C=CC=CC23)NC(=C2C(=O)CCCC2O)N1. The van der Waals surface area contributed by atoms with E-state index in [0.717, 1.165) is 12.8 Å². The molecule has 3 aliphatic carbocycles. The van der Waals surface area contributed by atoms with Gasteiger partial charge in [0.25, 0.3) is 0 Å². The number of aliphatic hydroxyl groups excluding tert-OH is 1. The summed E-state index contributed by atoms with van der Waals surface area (Å²) in [6, 6.07) is 8.53. The van der Waals surface area contributed by atoms with Crippen LogP contribution in [0.3, 0.4) is 0 Å². The molecule has 162 valence electrons. The Morgan fingerprint density at radius 3 is 2.84 bits per heavy atom. The lowest BCUT2D eigenvalue weighted by Crippen LogP contribution is -2.55. The smallest absolute Gasteiger partial charge is 0.165 e. The van der Waals surface area contributed by atoms with Crippen molar-refractivity contribution in [1.29, 1.82) is 0 Å². The van der Waals surface area contributed by atoms with Crippen LogP contribution in [0.1, 0.15) is 32.6 Å². The van der Waals surface area contributed by atoms with Gasteiger partial charge in [-0.15, -0.1) is 0 Å². The average molecular weight is 419 g/mol. The second-order valence-electron chi connectivity index (χ2n) is 8.72. The molecule has 1 saturated carbocycles. The van der Waals surface area contributed by atoms with Crippen LogP contribution in [0.2, 0.25) is 0 Å². The largest absolute Gasteiger partial charge is 0.388 e. The minimum atomic E-state index is -0.737. The first-order valence-corrected chi connectivity index (χ1v) is 11.4. The number of benzene rings is 1. The Kier molecular flexibility index (Phi) is 5.55. The number of ether oxygens (including phenoxy) is 1. The molecule has 0 radical (unpaired) electrons. The Labute approximate surface area is 182 Å². The van der Waals surface area contributed by atoms with E-state index in [4.69, 9.17) is 4.74 Å². The monoisotopic (exact) mass is 418 g/mol. The molecule has 31 heavy (non-hydrogen) atoms. The van der Waals surface area contributed by atoms with Gasteiger partial charge in [0.15, 0.2) is 5.78 Å². The van der Waals surface area contributed by atoms with Crippen molar-refractivity contribution in [1.82, 2.24) is 10.6 Å². The zero-order chi connectivity index (χ0) is 21.4. The first-order valence-electron chi connectivity index (χ1n) is 11.4. The second-order valence-corrected chi connectivity index (χ2v) is 8.72. The van der Waals surface area contributed by atoms with E-state index in [1.807, 2.05) is 6.92 Å². The summed E-state index contributed by atoms with van der Waals surface area (Å²) in [6.45, 7) is 2.56. The third-order valence-electron chi connectivity index (χ3n) is 6.78. The summed E-state index contributed by atoms with van der Waals surface area (Å²) in [4.78, 5) is 12.7. The van der Waals surface area contributed by atoms with Gasteiger partial charge in [0, 0.05) is 31.3 Å². The van der Waals surface area contributed by atoms with E-state index in [1.165, 1.54) is 16.0 Å². The molecule has 0 aromatic heterocycles. The molecule has 0 bridgehead atoms. The second kappa shape index (κ2) is 8.48. The summed E-state index contributed by atoms with van der Waals surface area (Å²) in [5, 5.41) is 20.1. The fraction of sp³-hybridized carbons (Fsp3) is 0.423. The maximum absolute atomic E-state index is 12.7. The van der Waals surface area contributed by atoms with Crippen LogP contribution in [-0.2, 0) is 9.53 Å². The molecule has 1 aromatic rings. The molecule has 1 heterocycles. The number of carbonyl (C=O) groups is 1. The predicted octanol–water partition coefficient (Wildman–Crippen LogP) is 1.63. The summed E-state index contributed by atoms with van der Waals surface area (Å²) in [5.41, 5.74) is 1.80. The highest BCUT2D eigenvalue weighted by molar-refractivity contribution is 5.97. The Hall–Kier alpha value is -2.63. The van der Waals surface area contributed by atoms with E-state index in [2.05, 4.69) is 65.3 Å². The molecular weight excluding hydrogens is 388 g/mol. The van der Waals surface area contributed by atoms with Crippen molar-refractivity contribution in [2.24, 2.45) is 11.8 Å². The standard InChI is InChI=1S/C26H30N2O3/c1-2-31-23-15-20(27-26(28-23)25-21(29)12-7-13-22(25)30)24-18-10-5-3-8-16(18)14-17-9-4-6-11-19(17)24/h3-6,8-11,14,16,18,20-21,23,27-29H,2,7,12-13,15H2,1H3. The average Bonchev–Trinajstić information content (AvgIpc) is 2.77. The molecule has 5 unspecified atom stereocenters. The van der Waals surface area contributed by atoms with Gasteiger partial charge in [-0.1, -0.05) is 54.6 Å². The van der Waals surface area contributed by atoms with Crippen molar-refractivity contribution in [3.63, 3.8) is 0 Å². The number of hydrogen-bond acceptors (Lipinski definition) is 5. The van der Waals surface area contributed by atoms with E-state index in [0.29, 0.717) is 36.8 Å². The highest BCUT2D eigenvalue weighted by atomic mass is 16.5. The molecule has 3 N–H and O–H groups in total. The summed E-state index contributed by atoms with van der Waals surface area (Å²) >= 11 is 0. The minimum Gasteiger partial charge on any atom is -0.388 e. The molecule has 1 aromatic carbocycles. The fourth-order valence-electron chi connectivity index (χ4n) is 5.41. The number of aliphatic hydroxyl groups is 1. The van der Waals surface area contributed by atoms with E-state index in [-0.39, 0.29) is 24.0 Å². The molecule has 0 amide bonds. The van der Waals surface area contributed by atoms with Gasteiger partial charge in [0.1, 0.15) is 12.0 Å². The van der Waals surface area contributed by atoms with Gasteiger partial charge < -0.3 is 20.5 Å². The molecule has 5 atom stereocenters. The maximum Gasteiger partial charge on any atom is 0.165 e. The quantitative estimate of drug-likeness (QED) is 0.651. The van der Waals surface area contributed by atoms with Crippen molar-refractivity contribution >= 4 is 17.4 Å². The topological polar surface area (TPSA) is 70.6 Å². The van der Waals surface area contributed by atoms with Crippen LogP contribution < -0.4 is 21.1 Å². The number of rotatable bonds is 3. The number of ketones is 1. The van der Waals surface area contributed by atoms with E-state index >= 15 is 0 Å². The minimum absolute atomic E-state index is 0.000673. The first-order chi connectivity index (χ1) is 15.2. The number of carbonyl (C=O) groups excluding carboxylic acids is 1. The van der Waals surface area contributed by atoms with Crippen LogP contribution in [0.4, 0.5) is 0 Å². The highest BCUT2D eigenvalue weighted by Crippen LogP contribution is 2.35. The zero-order valence-electron chi connectivity index (χ0n) is 17.9.